The van der Waals surface area contributed by atoms with Gasteiger partial charge in [-0.15, -0.1) is 24.0 Å². The normalized spacial score (nSPS) is 19.7. The number of hydrogen-bond donors (Lipinski definition) is 1. The second kappa shape index (κ2) is 10.8. The van der Waals surface area contributed by atoms with E-state index in [0.717, 1.165) is 51.0 Å². The molecule has 2 aromatic rings. The highest BCUT2D eigenvalue weighted by Crippen LogP contribution is 2.25. The molecule has 8 nitrogen and oxygen atoms in total. The average Bonchev–Trinajstić information content (AvgIpc) is 3.30. The van der Waals surface area contributed by atoms with Crippen LogP contribution in [-0.2, 0) is 0 Å². The quantitative estimate of drug-likeness (QED) is 0.375. The van der Waals surface area contributed by atoms with Gasteiger partial charge in [-0.3, -0.25) is 9.89 Å². The van der Waals surface area contributed by atoms with Gasteiger partial charge in [-0.2, -0.15) is 0 Å². The molecule has 158 valence electrons. The minimum Gasteiger partial charge on any atom is -0.468 e. The van der Waals surface area contributed by atoms with Crippen molar-refractivity contribution < 1.29 is 4.42 Å². The largest absolute Gasteiger partial charge is 0.468 e. The predicted octanol–water partition coefficient (Wildman–Crippen LogP) is 2.35. The number of anilines is 1. The lowest BCUT2D eigenvalue weighted by Crippen LogP contribution is -2.51. The van der Waals surface area contributed by atoms with Crippen LogP contribution in [0.5, 0.6) is 0 Å². The van der Waals surface area contributed by atoms with E-state index in [9.17, 15) is 0 Å². The summed E-state index contributed by atoms with van der Waals surface area (Å²) in [5, 5.41) is 0. The number of rotatable bonds is 5. The molecule has 0 aliphatic carbocycles. The van der Waals surface area contributed by atoms with Crippen LogP contribution < -0.4 is 10.6 Å². The molecule has 29 heavy (non-hydrogen) atoms. The van der Waals surface area contributed by atoms with Gasteiger partial charge in [0.05, 0.1) is 18.8 Å². The van der Waals surface area contributed by atoms with Crippen LogP contribution in [0.25, 0.3) is 0 Å². The zero-order chi connectivity index (χ0) is 19.2. The van der Waals surface area contributed by atoms with Crippen LogP contribution in [0.15, 0.2) is 46.3 Å². The van der Waals surface area contributed by atoms with Crippen LogP contribution >= 0.6 is 24.0 Å². The van der Waals surface area contributed by atoms with Crippen molar-refractivity contribution in [1.82, 2.24) is 19.8 Å². The summed E-state index contributed by atoms with van der Waals surface area (Å²) in [5.74, 6) is 2.37. The summed E-state index contributed by atoms with van der Waals surface area (Å²) in [6, 6.07) is 5.99. The number of halogens is 1. The second-order valence-electron chi connectivity index (χ2n) is 7.35. The summed E-state index contributed by atoms with van der Waals surface area (Å²) in [6.45, 7) is 6.14. The molecule has 4 rings (SSSR count). The number of hydrogen-bond acceptors (Lipinski definition) is 6. The summed E-state index contributed by atoms with van der Waals surface area (Å²) in [5.41, 5.74) is 6.34. The number of furan rings is 1. The highest BCUT2D eigenvalue weighted by Gasteiger charge is 2.25. The molecule has 2 N–H and O–H groups in total. The lowest BCUT2D eigenvalue weighted by atomic mass is 10.1. The van der Waals surface area contributed by atoms with E-state index in [1.54, 1.807) is 18.7 Å². The van der Waals surface area contributed by atoms with Crippen molar-refractivity contribution in [2.75, 3.05) is 50.7 Å². The van der Waals surface area contributed by atoms with Crippen molar-refractivity contribution >= 4 is 35.9 Å². The molecule has 2 aliphatic heterocycles. The van der Waals surface area contributed by atoms with E-state index in [0.29, 0.717) is 12.5 Å². The molecule has 4 heterocycles. The first kappa shape index (κ1) is 21.8. The minimum atomic E-state index is 0. The molecular weight excluding hydrogens is 481 g/mol. The van der Waals surface area contributed by atoms with Crippen molar-refractivity contribution in [2.45, 2.75) is 25.3 Å². The molecule has 1 unspecified atom stereocenters. The van der Waals surface area contributed by atoms with Gasteiger partial charge in [0.2, 0.25) is 5.95 Å². The maximum Gasteiger partial charge on any atom is 0.225 e. The Balaban J connectivity index is 0.00000240. The number of likely N-dealkylation sites (tertiary alicyclic amines) is 1. The lowest BCUT2D eigenvalue weighted by molar-refractivity contribution is 0.150. The first-order valence-electron chi connectivity index (χ1n) is 10.2. The zero-order valence-electron chi connectivity index (χ0n) is 16.7. The van der Waals surface area contributed by atoms with Gasteiger partial charge in [0.1, 0.15) is 5.76 Å². The molecule has 2 aliphatic rings. The van der Waals surface area contributed by atoms with Crippen molar-refractivity contribution in [3.05, 3.63) is 42.6 Å². The van der Waals surface area contributed by atoms with Gasteiger partial charge in [0, 0.05) is 38.6 Å². The molecule has 2 aromatic heterocycles. The molecule has 1 atom stereocenters. The van der Waals surface area contributed by atoms with Gasteiger partial charge >= 0.3 is 0 Å². The average molecular weight is 511 g/mol. The molecule has 0 saturated carbocycles. The van der Waals surface area contributed by atoms with Crippen LogP contribution in [0, 0.1) is 0 Å². The number of nitrogens with zero attached hydrogens (tertiary/aromatic N) is 6. The maximum absolute atomic E-state index is 6.34. The van der Waals surface area contributed by atoms with Gasteiger partial charge in [-0.05, 0) is 44.1 Å². The third-order valence-corrected chi connectivity index (χ3v) is 5.57. The van der Waals surface area contributed by atoms with Crippen molar-refractivity contribution in [3.63, 3.8) is 0 Å². The fourth-order valence-electron chi connectivity index (χ4n) is 3.97. The monoisotopic (exact) mass is 511 g/mol. The highest BCUT2D eigenvalue weighted by molar-refractivity contribution is 14.0. The van der Waals surface area contributed by atoms with Crippen LogP contribution in [0.1, 0.15) is 31.1 Å². The van der Waals surface area contributed by atoms with Gasteiger partial charge in [0.15, 0.2) is 5.96 Å². The Hall–Kier alpha value is -1.88. The first-order chi connectivity index (χ1) is 13.8. The van der Waals surface area contributed by atoms with Crippen LogP contribution in [0.2, 0.25) is 0 Å². The molecule has 0 radical (unpaired) electrons. The Bertz CT molecular complexity index is 741. The number of piperazine rings is 1. The zero-order valence-corrected chi connectivity index (χ0v) is 19.0. The standard InChI is InChI=1S/C20H29N7O.HI/c21-19(26-11-13-27(14-12-26)20-22-7-5-8-23-20)24-16-17(18-6-4-15-28-18)25-9-2-1-3-10-25;/h4-8,15,17H,1-3,9-14,16H2,(H2,21,24);1H. The Kier molecular flexibility index (Phi) is 8.10. The van der Waals surface area contributed by atoms with Gasteiger partial charge < -0.3 is 20.0 Å². The molecule has 2 fully saturated rings. The third kappa shape index (κ3) is 5.59. The summed E-state index contributed by atoms with van der Waals surface area (Å²) in [4.78, 5) is 20.2. The molecular formula is C20H30IN7O. The minimum absolute atomic E-state index is 0. The van der Waals surface area contributed by atoms with E-state index in [1.165, 1.54) is 19.3 Å². The van der Waals surface area contributed by atoms with E-state index < -0.39 is 0 Å². The number of guanidine groups is 1. The first-order valence-corrected chi connectivity index (χ1v) is 10.2. The third-order valence-electron chi connectivity index (χ3n) is 5.57. The number of aliphatic imine (C=N–C) groups is 1. The van der Waals surface area contributed by atoms with Gasteiger partial charge in [0.25, 0.3) is 0 Å². The Morgan fingerprint density at radius 3 is 2.41 bits per heavy atom. The van der Waals surface area contributed by atoms with Gasteiger partial charge in [-0.25, -0.2) is 9.97 Å². The number of nitrogens with two attached hydrogens (primary N) is 1. The van der Waals surface area contributed by atoms with Crippen molar-refractivity contribution in [3.8, 4) is 0 Å². The van der Waals surface area contributed by atoms with E-state index >= 15 is 0 Å². The molecule has 2 saturated heterocycles. The SMILES string of the molecule is I.NC(=NCC(c1ccco1)N1CCCCC1)N1CCN(c2ncccn2)CC1. The summed E-state index contributed by atoms with van der Waals surface area (Å²) in [6.07, 6.45) is 9.08. The smallest absolute Gasteiger partial charge is 0.225 e. The number of piperidine rings is 1. The Morgan fingerprint density at radius 1 is 1.03 bits per heavy atom. The van der Waals surface area contributed by atoms with Crippen LogP contribution in [0.4, 0.5) is 5.95 Å². The van der Waals surface area contributed by atoms with Crippen LogP contribution in [0.3, 0.4) is 0 Å². The molecule has 0 bridgehead atoms. The van der Waals surface area contributed by atoms with E-state index in [-0.39, 0.29) is 30.0 Å². The van der Waals surface area contributed by atoms with E-state index in [4.69, 9.17) is 15.1 Å². The van der Waals surface area contributed by atoms with E-state index in [2.05, 4.69) is 24.7 Å². The highest BCUT2D eigenvalue weighted by atomic mass is 127. The molecule has 0 aromatic carbocycles. The topological polar surface area (TPSA) is 87.0 Å². The van der Waals surface area contributed by atoms with E-state index in [1.807, 2.05) is 18.2 Å². The molecule has 0 amide bonds. The predicted molar refractivity (Wildman–Crippen MR) is 125 cm³/mol. The summed E-state index contributed by atoms with van der Waals surface area (Å²) in [7, 11) is 0. The molecule has 0 spiro atoms. The summed E-state index contributed by atoms with van der Waals surface area (Å²) >= 11 is 0. The Morgan fingerprint density at radius 2 is 1.76 bits per heavy atom. The fraction of sp³-hybridized carbons (Fsp3) is 0.550. The fourth-order valence-corrected chi connectivity index (χ4v) is 3.97. The van der Waals surface area contributed by atoms with Gasteiger partial charge in [-0.1, -0.05) is 6.42 Å². The lowest BCUT2D eigenvalue weighted by Gasteiger charge is -2.36. The number of aromatic nitrogens is 2. The maximum atomic E-state index is 6.34. The van der Waals surface area contributed by atoms with Crippen molar-refractivity contribution in [1.29, 1.82) is 0 Å². The second-order valence-corrected chi connectivity index (χ2v) is 7.35. The van der Waals surface area contributed by atoms with Crippen molar-refractivity contribution in [2.24, 2.45) is 10.7 Å². The molecule has 9 heteroatoms. The summed E-state index contributed by atoms with van der Waals surface area (Å²) < 4.78 is 5.70. The van der Waals surface area contributed by atoms with Crippen LogP contribution in [-0.4, -0.2) is 71.5 Å². The Labute approximate surface area is 189 Å².